The second kappa shape index (κ2) is 5.80. The molecule has 2 fully saturated rings. The normalized spacial score (nSPS) is 27.9. The summed E-state index contributed by atoms with van der Waals surface area (Å²) in [4.78, 5) is 11.9. The van der Waals surface area contributed by atoms with E-state index in [0.717, 1.165) is 51.9 Å². The minimum atomic E-state index is -0.508. The molecule has 0 aromatic carbocycles. The lowest BCUT2D eigenvalue weighted by Crippen LogP contribution is -2.59. The van der Waals surface area contributed by atoms with Gasteiger partial charge in [-0.2, -0.15) is 0 Å². The predicted octanol–water partition coefficient (Wildman–Crippen LogP) is 0.0502. The maximum absolute atomic E-state index is 11.9. The van der Waals surface area contributed by atoms with E-state index in [1.165, 1.54) is 7.11 Å². The van der Waals surface area contributed by atoms with Crippen LogP contribution in [0.25, 0.3) is 0 Å². The van der Waals surface area contributed by atoms with Gasteiger partial charge in [-0.25, -0.2) is 0 Å². The topological polar surface area (TPSA) is 59.6 Å². The van der Waals surface area contributed by atoms with Gasteiger partial charge in [0.25, 0.3) is 0 Å². The number of esters is 1. The van der Waals surface area contributed by atoms with Crippen molar-refractivity contribution >= 4 is 5.97 Å². The van der Waals surface area contributed by atoms with Gasteiger partial charge in [-0.1, -0.05) is 0 Å². The highest BCUT2D eigenvalue weighted by atomic mass is 16.5. The van der Waals surface area contributed by atoms with Crippen molar-refractivity contribution in [1.29, 1.82) is 0 Å². The molecular weight excluding hydrogens is 220 g/mol. The van der Waals surface area contributed by atoms with Crippen molar-refractivity contribution in [3.05, 3.63) is 0 Å². The largest absolute Gasteiger partial charge is 0.468 e. The van der Waals surface area contributed by atoms with Crippen molar-refractivity contribution in [2.45, 2.75) is 37.3 Å². The first-order valence-electron chi connectivity index (χ1n) is 6.43. The quantitative estimate of drug-likeness (QED) is 0.682. The summed E-state index contributed by atoms with van der Waals surface area (Å²) >= 11 is 0. The molecule has 2 heterocycles. The molecule has 2 aliphatic rings. The lowest BCUT2D eigenvalue weighted by atomic mass is 9.88. The van der Waals surface area contributed by atoms with Crippen LogP contribution in [0.1, 0.15) is 25.7 Å². The number of rotatable bonds is 4. The van der Waals surface area contributed by atoms with Crippen LogP contribution in [0.2, 0.25) is 0 Å². The first kappa shape index (κ1) is 12.8. The van der Waals surface area contributed by atoms with Gasteiger partial charge in [-0.05, 0) is 38.8 Å². The standard InChI is InChI=1S/C12H22N2O3/c1-16-11(15)12(4-6-13-7-5-12)14-9-10-3-2-8-17-10/h10,13-14H,2-9H2,1H3. The monoisotopic (exact) mass is 242 g/mol. The Morgan fingerprint density at radius 2 is 2.29 bits per heavy atom. The number of carbonyl (C=O) groups excluding carboxylic acids is 1. The Kier molecular flexibility index (Phi) is 4.36. The molecule has 17 heavy (non-hydrogen) atoms. The van der Waals surface area contributed by atoms with Crippen LogP contribution < -0.4 is 10.6 Å². The Morgan fingerprint density at radius 3 is 2.88 bits per heavy atom. The molecule has 2 rings (SSSR count). The van der Waals surface area contributed by atoms with E-state index < -0.39 is 5.54 Å². The number of hydrogen-bond donors (Lipinski definition) is 2. The Hall–Kier alpha value is -0.650. The van der Waals surface area contributed by atoms with Gasteiger partial charge in [0.2, 0.25) is 0 Å². The van der Waals surface area contributed by atoms with Crippen LogP contribution in [0.5, 0.6) is 0 Å². The molecular formula is C12H22N2O3. The van der Waals surface area contributed by atoms with Gasteiger partial charge in [0.15, 0.2) is 0 Å². The third kappa shape index (κ3) is 2.97. The van der Waals surface area contributed by atoms with Crippen molar-refractivity contribution < 1.29 is 14.3 Å². The van der Waals surface area contributed by atoms with E-state index in [9.17, 15) is 4.79 Å². The summed E-state index contributed by atoms with van der Waals surface area (Å²) in [5.74, 6) is -0.142. The van der Waals surface area contributed by atoms with Crippen LogP contribution in [0, 0.1) is 0 Å². The number of methoxy groups -OCH3 is 1. The van der Waals surface area contributed by atoms with Gasteiger partial charge >= 0.3 is 5.97 Å². The maximum Gasteiger partial charge on any atom is 0.326 e. The fourth-order valence-electron chi connectivity index (χ4n) is 2.62. The van der Waals surface area contributed by atoms with E-state index >= 15 is 0 Å². The minimum absolute atomic E-state index is 0.142. The van der Waals surface area contributed by atoms with E-state index in [2.05, 4.69) is 10.6 Å². The SMILES string of the molecule is COC(=O)C1(NCC2CCCO2)CCNCC1. The zero-order valence-electron chi connectivity index (χ0n) is 10.5. The van der Waals surface area contributed by atoms with Crippen molar-refractivity contribution in [3.8, 4) is 0 Å². The summed E-state index contributed by atoms with van der Waals surface area (Å²) in [6.45, 7) is 3.30. The highest BCUT2D eigenvalue weighted by Gasteiger charge is 2.40. The second-order valence-electron chi connectivity index (χ2n) is 4.84. The molecule has 0 radical (unpaired) electrons. The minimum Gasteiger partial charge on any atom is -0.468 e. The Balaban J connectivity index is 1.92. The molecule has 0 amide bonds. The lowest BCUT2D eigenvalue weighted by molar-refractivity contribution is -0.150. The third-order valence-electron chi connectivity index (χ3n) is 3.73. The fraction of sp³-hybridized carbons (Fsp3) is 0.917. The van der Waals surface area contributed by atoms with E-state index in [1.54, 1.807) is 0 Å². The van der Waals surface area contributed by atoms with E-state index in [-0.39, 0.29) is 12.1 Å². The molecule has 5 nitrogen and oxygen atoms in total. The predicted molar refractivity (Wildman–Crippen MR) is 63.8 cm³/mol. The highest BCUT2D eigenvalue weighted by Crippen LogP contribution is 2.21. The number of carbonyl (C=O) groups is 1. The van der Waals surface area contributed by atoms with Crippen molar-refractivity contribution in [2.24, 2.45) is 0 Å². The Labute approximate surface area is 102 Å². The first-order chi connectivity index (χ1) is 8.27. The van der Waals surface area contributed by atoms with Crippen LogP contribution in [0.3, 0.4) is 0 Å². The number of nitrogens with one attached hydrogen (secondary N) is 2. The molecule has 0 aliphatic carbocycles. The highest BCUT2D eigenvalue weighted by molar-refractivity contribution is 5.81. The average molecular weight is 242 g/mol. The van der Waals surface area contributed by atoms with E-state index in [1.807, 2.05) is 0 Å². The Bertz CT molecular complexity index is 258. The molecule has 1 atom stereocenters. The van der Waals surface area contributed by atoms with Gasteiger partial charge in [-0.3, -0.25) is 10.1 Å². The molecule has 0 aromatic heterocycles. The molecule has 2 aliphatic heterocycles. The second-order valence-corrected chi connectivity index (χ2v) is 4.84. The zero-order chi connectivity index (χ0) is 12.1. The number of ether oxygens (including phenoxy) is 2. The van der Waals surface area contributed by atoms with Gasteiger partial charge in [-0.15, -0.1) is 0 Å². The van der Waals surface area contributed by atoms with Gasteiger partial charge < -0.3 is 14.8 Å². The fourth-order valence-corrected chi connectivity index (χ4v) is 2.62. The summed E-state index contributed by atoms with van der Waals surface area (Å²) < 4.78 is 10.5. The van der Waals surface area contributed by atoms with Gasteiger partial charge in [0.05, 0.1) is 13.2 Å². The molecule has 0 aromatic rings. The first-order valence-corrected chi connectivity index (χ1v) is 6.43. The Morgan fingerprint density at radius 1 is 1.53 bits per heavy atom. The van der Waals surface area contributed by atoms with Crippen LogP contribution >= 0.6 is 0 Å². The maximum atomic E-state index is 11.9. The van der Waals surface area contributed by atoms with Crippen molar-refractivity contribution in [1.82, 2.24) is 10.6 Å². The molecule has 2 N–H and O–H groups in total. The summed E-state index contributed by atoms with van der Waals surface area (Å²) in [6.07, 6.45) is 4.03. The molecule has 5 heteroatoms. The molecule has 98 valence electrons. The molecule has 0 spiro atoms. The van der Waals surface area contributed by atoms with Crippen molar-refractivity contribution in [2.75, 3.05) is 33.4 Å². The van der Waals surface area contributed by atoms with E-state index in [0.29, 0.717) is 0 Å². The average Bonchev–Trinajstić information content (AvgIpc) is 2.89. The summed E-state index contributed by atoms with van der Waals surface area (Å²) in [5.41, 5.74) is -0.508. The van der Waals surface area contributed by atoms with Crippen molar-refractivity contribution in [3.63, 3.8) is 0 Å². The van der Waals surface area contributed by atoms with Crippen LogP contribution in [-0.2, 0) is 14.3 Å². The zero-order valence-corrected chi connectivity index (χ0v) is 10.5. The van der Waals surface area contributed by atoms with Crippen LogP contribution in [-0.4, -0.2) is 51.0 Å². The van der Waals surface area contributed by atoms with Gasteiger partial charge in [0, 0.05) is 13.2 Å². The summed E-state index contributed by atoms with van der Waals surface area (Å²) in [7, 11) is 1.46. The van der Waals surface area contributed by atoms with E-state index in [4.69, 9.17) is 9.47 Å². The lowest BCUT2D eigenvalue weighted by Gasteiger charge is -2.36. The third-order valence-corrected chi connectivity index (χ3v) is 3.73. The smallest absolute Gasteiger partial charge is 0.326 e. The molecule has 0 saturated carbocycles. The van der Waals surface area contributed by atoms with Crippen LogP contribution in [0.15, 0.2) is 0 Å². The summed E-state index contributed by atoms with van der Waals surface area (Å²) in [6, 6.07) is 0. The van der Waals surface area contributed by atoms with Crippen LogP contribution in [0.4, 0.5) is 0 Å². The van der Waals surface area contributed by atoms with Gasteiger partial charge in [0.1, 0.15) is 5.54 Å². The molecule has 1 unspecified atom stereocenters. The molecule has 2 saturated heterocycles. The summed E-state index contributed by atoms with van der Waals surface area (Å²) in [5, 5.41) is 6.66. The number of piperidine rings is 1. The molecule has 0 bridgehead atoms. The number of hydrogen-bond acceptors (Lipinski definition) is 5.